The number of amides is 2. The second-order valence-electron chi connectivity index (χ2n) is 7.30. The number of carbonyl (C=O) groups excluding carboxylic acids is 3. The molecule has 0 unspecified atom stereocenters. The van der Waals surface area contributed by atoms with Crippen LogP contribution in [0.5, 0.6) is 0 Å². The smallest absolute Gasteiger partial charge is 0.408 e. The van der Waals surface area contributed by atoms with Crippen LogP contribution in [0.15, 0.2) is 60.8 Å². The van der Waals surface area contributed by atoms with Crippen LogP contribution >= 0.6 is 0 Å². The lowest BCUT2D eigenvalue weighted by Gasteiger charge is -2.20. The first kappa shape index (κ1) is 22.9. The SMILES string of the molecule is CCOC(=O)[C@H](Cc1c[nH]c2ccccc12)NC(=O)[C@H](C)NC(=O)OCc1ccccc1. The number of hydrogen-bond acceptors (Lipinski definition) is 5. The summed E-state index contributed by atoms with van der Waals surface area (Å²) in [6.45, 7) is 3.51. The second kappa shape index (κ2) is 11.0. The number of H-pyrrole nitrogens is 1. The number of esters is 1. The van der Waals surface area contributed by atoms with Crippen LogP contribution in [0, 0.1) is 0 Å². The Morgan fingerprint density at radius 2 is 1.69 bits per heavy atom. The fourth-order valence-electron chi connectivity index (χ4n) is 3.26. The van der Waals surface area contributed by atoms with Crippen molar-refractivity contribution in [2.24, 2.45) is 0 Å². The highest BCUT2D eigenvalue weighted by molar-refractivity contribution is 5.90. The Labute approximate surface area is 186 Å². The summed E-state index contributed by atoms with van der Waals surface area (Å²) in [5.74, 6) is -1.05. The normalized spacial score (nSPS) is 12.6. The van der Waals surface area contributed by atoms with E-state index in [1.54, 1.807) is 6.92 Å². The summed E-state index contributed by atoms with van der Waals surface area (Å²) in [5.41, 5.74) is 2.65. The number of para-hydroxylation sites is 1. The molecule has 8 heteroatoms. The number of rotatable bonds is 9. The predicted octanol–water partition coefficient (Wildman–Crippen LogP) is 3.07. The van der Waals surface area contributed by atoms with E-state index in [0.717, 1.165) is 22.0 Å². The molecule has 2 atom stereocenters. The molecule has 3 aromatic rings. The molecule has 3 N–H and O–H groups in total. The van der Waals surface area contributed by atoms with E-state index in [0.29, 0.717) is 0 Å². The third-order valence-corrected chi connectivity index (χ3v) is 4.93. The van der Waals surface area contributed by atoms with Crippen LogP contribution in [0.3, 0.4) is 0 Å². The molecule has 0 aliphatic heterocycles. The Bertz CT molecular complexity index is 1060. The van der Waals surface area contributed by atoms with Gasteiger partial charge in [-0.25, -0.2) is 9.59 Å². The summed E-state index contributed by atoms with van der Waals surface area (Å²) in [6.07, 6.45) is 1.34. The number of fused-ring (bicyclic) bond motifs is 1. The van der Waals surface area contributed by atoms with Gasteiger partial charge in [0.2, 0.25) is 5.91 Å². The van der Waals surface area contributed by atoms with Gasteiger partial charge in [-0.2, -0.15) is 0 Å². The lowest BCUT2D eigenvalue weighted by Crippen LogP contribution is -2.51. The van der Waals surface area contributed by atoms with Gasteiger partial charge < -0.3 is 25.1 Å². The van der Waals surface area contributed by atoms with Crippen LogP contribution in [0.25, 0.3) is 10.9 Å². The van der Waals surface area contributed by atoms with Gasteiger partial charge >= 0.3 is 12.1 Å². The maximum atomic E-state index is 12.7. The van der Waals surface area contributed by atoms with Gasteiger partial charge in [0, 0.05) is 23.5 Å². The molecule has 2 amide bonds. The Morgan fingerprint density at radius 1 is 0.969 bits per heavy atom. The first-order chi connectivity index (χ1) is 15.5. The Balaban J connectivity index is 1.60. The first-order valence-electron chi connectivity index (χ1n) is 10.5. The molecular weight excluding hydrogens is 410 g/mol. The average molecular weight is 437 g/mol. The van der Waals surface area contributed by atoms with E-state index in [1.165, 1.54) is 6.92 Å². The number of ether oxygens (including phenoxy) is 2. The van der Waals surface area contributed by atoms with E-state index >= 15 is 0 Å². The number of carbonyl (C=O) groups is 3. The van der Waals surface area contributed by atoms with Crippen molar-refractivity contribution in [3.05, 3.63) is 71.9 Å². The molecule has 1 aromatic heterocycles. The van der Waals surface area contributed by atoms with Crippen LogP contribution in [0.1, 0.15) is 25.0 Å². The third-order valence-electron chi connectivity index (χ3n) is 4.93. The topological polar surface area (TPSA) is 110 Å². The average Bonchev–Trinajstić information content (AvgIpc) is 3.21. The van der Waals surface area contributed by atoms with Crippen molar-refractivity contribution >= 4 is 28.9 Å². The number of aromatic nitrogens is 1. The van der Waals surface area contributed by atoms with Crippen LogP contribution in [0.4, 0.5) is 4.79 Å². The minimum Gasteiger partial charge on any atom is -0.464 e. The van der Waals surface area contributed by atoms with Crippen LogP contribution in [0.2, 0.25) is 0 Å². The van der Waals surface area contributed by atoms with E-state index in [2.05, 4.69) is 15.6 Å². The summed E-state index contributed by atoms with van der Waals surface area (Å²) < 4.78 is 10.3. The molecular formula is C24H27N3O5. The van der Waals surface area contributed by atoms with Crippen molar-refractivity contribution in [1.29, 1.82) is 0 Å². The zero-order valence-electron chi connectivity index (χ0n) is 18.1. The van der Waals surface area contributed by atoms with Crippen molar-refractivity contribution in [2.75, 3.05) is 6.61 Å². The van der Waals surface area contributed by atoms with E-state index in [1.807, 2.05) is 60.8 Å². The molecule has 1 heterocycles. The number of aromatic amines is 1. The van der Waals surface area contributed by atoms with Gasteiger partial charge in [0.1, 0.15) is 18.7 Å². The number of hydrogen-bond donors (Lipinski definition) is 3. The third kappa shape index (κ3) is 6.10. The second-order valence-corrected chi connectivity index (χ2v) is 7.30. The largest absolute Gasteiger partial charge is 0.464 e. The molecule has 2 aromatic carbocycles. The highest BCUT2D eigenvalue weighted by Gasteiger charge is 2.26. The fourth-order valence-corrected chi connectivity index (χ4v) is 3.26. The molecule has 0 aliphatic rings. The van der Waals surface area contributed by atoms with Gasteiger partial charge in [-0.15, -0.1) is 0 Å². The highest BCUT2D eigenvalue weighted by atomic mass is 16.5. The monoisotopic (exact) mass is 437 g/mol. The van der Waals surface area contributed by atoms with E-state index < -0.39 is 30.1 Å². The zero-order valence-corrected chi connectivity index (χ0v) is 18.1. The van der Waals surface area contributed by atoms with Crippen LogP contribution in [-0.2, 0) is 32.1 Å². The van der Waals surface area contributed by atoms with Crippen LogP contribution < -0.4 is 10.6 Å². The molecule has 0 saturated heterocycles. The Hall–Kier alpha value is -3.81. The minimum absolute atomic E-state index is 0.0903. The lowest BCUT2D eigenvalue weighted by atomic mass is 10.0. The Kier molecular flexibility index (Phi) is 7.85. The van der Waals surface area contributed by atoms with E-state index in [9.17, 15) is 14.4 Å². The van der Waals surface area contributed by atoms with Crippen molar-refractivity contribution < 1.29 is 23.9 Å². The molecule has 0 radical (unpaired) electrons. The quantitative estimate of drug-likeness (QED) is 0.446. The summed E-state index contributed by atoms with van der Waals surface area (Å²) in [7, 11) is 0. The predicted molar refractivity (Wildman–Crippen MR) is 120 cm³/mol. The molecule has 0 bridgehead atoms. The maximum Gasteiger partial charge on any atom is 0.408 e. The molecule has 0 spiro atoms. The zero-order chi connectivity index (χ0) is 22.9. The number of alkyl carbamates (subject to hydrolysis) is 1. The molecule has 3 rings (SSSR count). The van der Waals surface area contributed by atoms with Crippen molar-refractivity contribution in [1.82, 2.24) is 15.6 Å². The van der Waals surface area contributed by atoms with Gasteiger partial charge in [0.05, 0.1) is 6.61 Å². The fraction of sp³-hybridized carbons (Fsp3) is 0.292. The maximum absolute atomic E-state index is 12.7. The molecule has 32 heavy (non-hydrogen) atoms. The summed E-state index contributed by atoms with van der Waals surface area (Å²) in [4.78, 5) is 40.4. The highest BCUT2D eigenvalue weighted by Crippen LogP contribution is 2.19. The van der Waals surface area contributed by atoms with Crippen LogP contribution in [-0.4, -0.2) is 41.6 Å². The van der Waals surface area contributed by atoms with E-state index in [4.69, 9.17) is 9.47 Å². The number of nitrogens with one attached hydrogen (secondary N) is 3. The van der Waals surface area contributed by atoms with Gasteiger partial charge in [-0.1, -0.05) is 48.5 Å². The van der Waals surface area contributed by atoms with Crippen molar-refractivity contribution in [3.8, 4) is 0 Å². The summed E-state index contributed by atoms with van der Waals surface area (Å²) >= 11 is 0. The molecule has 8 nitrogen and oxygen atoms in total. The standard InChI is InChI=1S/C24H27N3O5/c1-3-31-23(29)21(13-18-14-25-20-12-8-7-11-19(18)20)27-22(28)16(2)26-24(30)32-15-17-9-5-4-6-10-17/h4-12,14,16,21,25H,3,13,15H2,1-2H3,(H,26,30)(H,27,28)/t16-,21-/m0/s1. The Morgan fingerprint density at radius 3 is 2.44 bits per heavy atom. The summed E-state index contributed by atoms with van der Waals surface area (Å²) in [6, 6.07) is 15.1. The van der Waals surface area contributed by atoms with Crippen molar-refractivity contribution in [2.45, 2.75) is 39.0 Å². The minimum atomic E-state index is -0.904. The lowest BCUT2D eigenvalue weighted by molar-refractivity contribution is -0.147. The molecule has 0 saturated carbocycles. The molecule has 0 fully saturated rings. The van der Waals surface area contributed by atoms with E-state index in [-0.39, 0.29) is 19.6 Å². The summed E-state index contributed by atoms with van der Waals surface area (Å²) in [5, 5.41) is 6.13. The van der Waals surface area contributed by atoms with Gasteiger partial charge in [-0.3, -0.25) is 4.79 Å². The van der Waals surface area contributed by atoms with Gasteiger partial charge in [0.15, 0.2) is 0 Å². The van der Waals surface area contributed by atoms with Gasteiger partial charge in [0.25, 0.3) is 0 Å². The first-order valence-corrected chi connectivity index (χ1v) is 10.5. The molecule has 0 aliphatic carbocycles. The van der Waals surface area contributed by atoms with Gasteiger partial charge in [-0.05, 0) is 31.0 Å². The van der Waals surface area contributed by atoms with Crippen molar-refractivity contribution in [3.63, 3.8) is 0 Å². The molecule has 168 valence electrons. The number of benzene rings is 2.